The maximum absolute atomic E-state index is 13.2. The number of benzene rings is 2. The number of anilines is 1. The SMILES string of the molecule is CC(Nc1ccccc1CC(N)=O)c1ccc(F)c(Cl)c1. The molecule has 2 aromatic carbocycles. The highest BCUT2D eigenvalue weighted by atomic mass is 35.5. The van der Waals surface area contributed by atoms with E-state index in [0.717, 1.165) is 16.8 Å². The van der Waals surface area contributed by atoms with Crippen LogP contribution in [-0.4, -0.2) is 5.91 Å². The van der Waals surface area contributed by atoms with Crippen LogP contribution in [0.15, 0.2) is 42.5 Å². The van der Waals surface area contributed by atoms with Gasteiger partial charge in [-0.15, -0.1) is 0 Å². The van der Waals surface area contributed by atoms with Crippen LogP contribution in [0, 0.1) is 5.82 Å². The Balaban J connectivity index is 2.21. The van der Waals surface area contributed by atoms with Gasteiger partial charge in [0.2, 0.25) is 5.91 Å². The molecule has 0 fully saturated rings. The number of para-hydroxylation sites is 1. The van der Waals surface area contributed by atoms with E-state index in [2.05, 4.69) is 5.32 Å². The van der Waals surface area contributed by atoms with Crippen LogP contribution >= 0.6 is 11.6 Å². The van der Waals surface area contributed by atoms with Gasteiger partial charge in [-0.1, -0.05) is 35.9 Å². The number of hydrogen-bond donors (Lipinski definition) is 2. The molecule has 2 aromatic rings. The molecular formula is C16H16ClFN2O. The Bertz CT molecular complexity index is 660. The first kappa shape index (κ1) is 15.3. The van der Waals surface area contributed by atoms with Crippen molar-refractivity contribution in [2.45, 2.75) is 19.4 Å². The van der Waals surface area contributed by atoms with Crippen LogP contribution in [0.3, 0.4) is 0 Å². The standard InChI is InChI=1S/C16H16ClFN2O/c1-10(11-6-7-14(18)13(17)8-11)20-15-5-3-2-4-12(15)9-16(19)21/h2-8,10,20H,9H2,1H3,(H2,19,21). The molecule has 0 radical (unpaired) electrons. The minimum atomic E-state index is -0.443. The molecule has 0 aliphatic heterocycles. The Kier molecular flexibility index (Phi) is 4.81. The fourth-order valence-corrected chi connectivity index (χ4v) is 2.29. The van der Waals surface area contributed by atoms with Crippen molar-refractivity contribution < 1.29 is 9.18 Å². The summed E-state index contributed by atoms with van der Waals surface area (Å²) in [6, 6.07) is 12.0. The molecule has 110 valence electrons. The summed E-state index contributed by atoms with van der Waals surface area (Å²) in [6.07, 6.45) is 0.167. The van der Waals surface area contributed by atoms with Crippen LogP contribution < -0.4 is 11.1 Å². The smallest absolute Gasteiger partial charge is 0.221 e. The number of amides is 1. The van der Waals surface area contributed by atoms with Crippen LogP contribution in [0.4, 0.5) is 10.1 Å². The monoisotopic (exact) mass is 306 g/mol. The van der Waals surface area contributed by atoms with Gasteiger partial charge in [-0.05, 0) is 36.2 Å². The summed E-state index contributed by atoms with van der Waals surface area (Å²) < 4.78 is 13.2. The third-order valence-electron chi connectivity index (χ3n) is 3.20. The molecule has 0 aromatic heterocycles. The number of nitrogens with two attached hydrogens (primary N) is 1. The van der Waals surface area contributed by atoms with Crippen LogP contribution in [-0.2, 0) is 11.2 Å². The molecule has 1 unspecified atom stereocenters. The number of rotatable bonds is 5. The molecule has 0 saturated carbocycles. The van der Waals surface area contributed by atoms with Crippen molar-refractivity contribution in [3.05, 3.63) is 64.4 Å². The second-order valence-corrected chi connectivity index (χ2v) is 5.25. The van der Waals surface area contributed by atoms with Gasteiger partial charge in [0.1, 0.15) is 5.82 Å². The summed E-state index contributed by atoms with van der Waals surface area (Å²) in [5, 5.41) is 3.38. The Morgan fingerprint density at radius 2 is 2.05 bits per heavy atom. The van der Waals surface area contributed by atoms with Crippen molar-refractivity contribution >= 4 is 23.2 Å². The summed E-state index contributed by atoms with van der Waals surface area (Å²) in [7, 11) is 0. The molecule has 5 heteroatoms. The van der Waals surface area contributed by atoms with Crippen LogP contribution in [0.2, 0.25) is 5.02 Å². The minimum absolute atomic E-state index is 0.0860. The Morgan fingerprint density at radius 1 is 1.33 bits per heavy atom. The molecule has 3 N–H and O–H groups in total. The average Bonchev–Trinajstić information content (AvgIpc) is 2.43. The number of hydrogen-bond acceptors (Lipinski definition) is 2. The van der Waals surface area contributed by atoms with Gasteiger partial charge in [0.05, 0.1) is 11.4 Å². The van der Waals surface area contributed by atoms with E-state index in [1.807, 2.05) is 31.2 Å². The second kappa shape index (κ2) is 6.59. The highest BCUT2D eigenvalue weighted by Gasteiger charge is 2.11. The Hall–Kier alpha value is -2.07. The first-order valence-corrected chi connectivity index (χ1v) is 6.93. The molecule has 3 nitrogen and oxygen atoms in total. The zero-order valence-corrected chi connectivity index (χ0v) is 12.3. The average molecular weight is 307 g/mol. The number of carbonyl (C=O) groups excluding carboxylic acids is 1. The fourth-order valence-electron chi connectivity index (χ4n) is 2.10. The molecule has 0 spiro atoms. The predicted molar refractivity (Wildman–Crippen MR) is 82.8 cm³/mol. The minimum Gasteiger partial charge on any atom is -0.378 e. The molecule has 21 heavy (non-hydrogen) atoms. The number of primary amides is 1. The van der Waals surface area contributed by atoms with Crippen molar-refractivity contribution in [3.8, 4) is 0 Å². The molecule has 1 amide bonds. The third kappa shape index (κ3) is 3.95. The Labute approximate surface area is 127 Å². The molecule has 2 rings (SSSR count). The normalized spacial score (nSPS) is 12.0. The molecule has 0 saturated heterocycles. The summed E-state index contributed by atoms with van der Waals surface area (Å²) in [6.45, 7) is 1.94. The van der Waals surface area contributed by atoms with Crippen molar-refractivity contribution in [2.24, 2.45) is 5.73 Å². The topological polar surface area (TPSA) is 55.1 Å². The van der Waals surface area contributed by atoms with Gasteiger partial charge in [0, 0.05) is 11.7 Å². The maximum Gasteiger partial charge on any atom is 0.221 e. The largest absolute Gasteiger partial charge is 0.378 e. The molecule has 0 aliphatic carbocycles. The lowest BCUT2D eigenvalue weighted by atomic mass is 10.1. The number of halogens is 2. The van der Waals surface area contributed by atoms with Crippen LogP contribution in [0.5, 0.6) is 0 Å². The highest BCUT2D eigenvalue weighted by molar-refractivity contribution is 6.30. The van der Waals surface area contributed by atoms with Crippen molar-refractivity contribution in [3.63, 3.8) is 0 Å². The van der Waals surface area contributed by atoms with Gasteiger partial charge in [-0.3, -0.25) is 4.79 Å². The van der Waals surface area contributed by atoms with Crippen molar-refractivity contribution in [1.82, 2.24) is 0 Å². The van der Waals surface area contributed by atoms with Crippen molar-refractivity contribution in [2.75, 3.05) is 5.32 Å². The summed E-state index contributed by atoms with van der Waals surface area (Å²) in [4.78, 5) is 11.1. The van der Waals surface area contributed by atoms with Gasteiger partial charge in [-0.25, -0.2) is 4.39 Å². The molecule has 0 heterocycles. The van der Waals surface area contributed by atoms with E-state index in [1.54, 1.807) is 12.1 Å². The second-order valence-electron chi connectivity index (χ2n) is 4.84. The van der Waals surface area contributed by atoms with E-state index in [9.17, 15) is 9.18 Å². The van der Waals surface area contributed by atoms with Crippen LogP contribution in [0.25, 0.3) is 0 Å². The zero-order valence-electron chi connectivity index (χ0n) is 11.6. The van der Waals surface area contributed by atoms with E-state index in [4.69, 9.17) is 17.3 Å². The summed E-state index contributed by atoms with van der Waals surface area (Å²) >= 11 is 5.80. The van der Waals surface area contributed by atoms with Gasteiger partial charge in [0.25, 0.3) is 0 Å². The lowest BCUT2D eigenvalue weighted by Crippen LogP contribution is -2.16. The maximum atomic E-state index is 13.2. The predicted octanol–water partition coefficient (Wildman–Crippen LogP) is 3.68. The summed E-state index contributed by atoms with van der Waals surface area (Å²) in [5.41, 5.74) is 7.75. The summed E-state index contributed by atoms with van der Waals surface area (Å²) in [5.74, 6) is -0.830. The van der Waals surface area contributed by atoms with E-state index in [0.29, 0.717) is 0 Å². The van der Waals surface area contributed by atoms with Gasteiger partial charge < -0.3 is 11.1 Å². The van der Waals surface area contributed by atoms with Gasteiger partial charge in [0.15, 0.2) is 0 Å². The van der Waals surface area contributed by atoms with Gasteiger partial charge >= 0.3 is 0 Å². The fraction of sp³-hybridized carbons (Fsp3) is 0.188. The molecule has 1 atom stereocenters. The quantitative estimate of drug-likeness (QED) is 0.885. The van der Waals surface area contributed by atoms with E-state index >= 15 is 0 Å². The first-order chi connectivity index (χ1) is 9.97. The zero-order chi connectivity index (χ0) is 15.4. The van der Waals surface area contributed by atoms with Gasteiger partial charge in [-0.2, -0.15) is 0 Å². The molecule has 0 bridgehead atoms. The van der Waals surface area contributed by atoms with Crippen LogP contribution in [0.1, 0.15) is 24.1 Å². The Morgan fingerprint density at radius 3 is 2.71 bits per heavy atom. The van der Waals surface area contributed by atoms with E-state index in [-0.39, 0.29) is 23.4 Å². The lowest BCUT2D eigenvalue weighted by Gasteiger charge is -2.18. The number of nitrogens with one attached hydrogen (secondary N) is 1. The van der Waals surface area contributed by atoms with E-state index in [1.165, 1.54) is 6.07 Å². The highest BCUT2D eigenvalue weighted by Crippen LogP contribution is 2.25. The third-order valence-corrected chi connectivity index (χ3v) is 3.49. The lowest BCUT2D eigenvalue weighted by molar-refractivity contribution is -0.117. The number of carbonyl (C=O) groups is 1. The molecule has 0 aliphatic rings. The van der Waals surface area contributed by atoms with Crippen molar-refractivity contribution in [1.29, 1.82) is 0 Å². The van der Waals surface area contributed by atoms with E-state index < -0.39 is 5.82 Å². The first-order valence-electron chi connectivity index (χ1n) is 6.55. The molecular weight excluding hydrogens is 291 g/mol.